The fraction of sp³-hybridized carbons (Fsp3) is 0.0588. The molecule has 2 aliphatic rings. The van der Waals surface area contributed by atoms with Crippen molar-refractivity contribution in [1.82, 2.24) is 4.57 Å². The monoisotopic (exact) mass is 503 g/mol. The van der Waals surface area contributed by atoms with Crippen LogP contribution in [0.3, 0.4) is 0 Å². The molecule has 8 rings (SSSR count). The van der Waals surface area contributed by atoms with Crippen LogP contribution >= 0.6 is 0 Å². The van der Waals surface area contributed by atoms with Gasteiger partial charge in [-0.15, -0.1) is 0 Å². The first-order valence-corrected chi connectivity index (χ1v) is 13.0. The lowest BCUT2D eigenvalue weighted by Crippen LogP contribution is -2.38. The normalized spacial score (nSPS) is 17.6. The lowest BCUT2D eigenvalue weighted by atomic mass is 9.95. The van der Waals surface area contributed by atoms with Crippen molar-refractivity contribution in [3.05, 3.63) is 132 Å². The second kappa shape index (κ2) is 8.16. The van der Waals surface area contributed by atoms with E-state index >= 15 is 0 Å². The van der Waals surface area contributed by atoms with E-state index < -0.39 is 0 Å². The molecule has 1 fully saturated rings. The van der Waals surface area contributed by atoms with Crippen LogP contribution in [-0.4, -0.2) is 16.7 Å². The van der Waals surface area contributed by atoms with Crippen LogP contribution in [0.1, 0.15) is 27.6 Å². The van der Waals surface area contributed by atoms with E-state index in [9.17, 15) is 10.1 Å². The lowest BCUT2D eigenvalue weighted by Gasteiger charge is -2.27. The summed E-state index contributed by atoms with van der Waals surface area (Å²) in [7, 11) is 0. The number of hydrogen-bond donors (Lipinski definition) is 0. The number of rotatable bonds is 3. The Morgan fingerprint density at radius 1 is 0.718 bits per heavy atom. The molecule has 2 atom stereocenters. The zero-order chi connectivity index (χ0) is 26.1. The Hall–Kier alpha value is -5.18. The molecule has 5 nitrogen and oxygen atoms in total. The van der Waals surface area contributed by atoms with E-state index in [1.165, 1.54) is 0 Å². The van der Waals surface area contributed by atoms with Crippen molar-refractivity contribution >= 4 is 33.4 Å². The molecule has 1 aromatic heterocycles. The summed E-state index contributed by atoms with van der Waals surface area (Å²) in [5.41, 5.74) is 7.57. The summed E-state index contributed by atoms with van der Waals surface area (Å²) in [5, 5.41) is 12.1. The highest BCUT2D eigenvalue weighted by Gasteiger charge is 2.54. The molecular formula is C34H21N3O2. The number of carbonyl (C=O) groups excluding carboxylic acids is 1. The van der Waals surface area contributed by atoms with Crippen LogP contribution < -0.4 is 4.90 Å². The summed E-state index contributed by atoms with van der Waals surface area (Å²) in [5.74, 6) is -0.0774. The van der Waals surface area contributed by atoms with Gasteiger partial charge in [-0.1, -0.05) is 84.9 Å². The van der Waals surface area contributed by atoms with Crippen LogP contribution in [0.5, 0.6) is 0 Å². The maximum atomic E-state index is 14.3. The Kier molecular flexibility index (Phi) is 4.57. The van der Waals surface area contributed by atoms with Gasteiger partial charge in [0.15, 0.2) is 6.23 Å². The molecule has 0 radical (unpaired) electrons. The summed E-state index contributed by atoms with van der Waals surface area (Å²) >= 11 is 0. The van der Waals surface area contributed by atoms with Gasteiger partial charge in [0.05, 0.1) is 33.9 Å². The molecule has 3 heterocycles. The van der Waals surface area contributed by atoms with Crippen molar-refractivity contribution in [2.24, 2.45) is 0 Å². The topological polar surface area (TPSA) is 61.6 Å². The minimum atomic E-state index is -0.293. The molecule has 1 saturated heterocycles. The van der Waals surface area contributed by atoms with Crippen molar-refractivity contribution in [3.8, 4) is 22.9 Å². The number of nitriles is 1. The molecule has 0 spiro atoms. The highest BCUT2D eigenvalue weighted by Crippen LogP contribution is 2.50. The molecular weight excluding hydrogens is 482 g/mol. The third-order valence-electron chi connectivity index (χ3n) is 7.84. The van der Waals surface area contributed by atoms with Gasteiger partial charge in [-0.25, -0.2) is 0 Å². The molecule has 0 saturated carbocycles. The fourth-order valence-corrected chi connectivity index (χ4v) is 6.13. The molecule has 0 aliphatic carbocycles. The minimum absolute atomic E-state index is 0.0774. The van der Waals surface area contributed by atoms with Gasteiger partial charge in [-0.05, 0) is 30.3 Å². The summed E-state index contributed by atoms with van der Waals surface area (Å²) in [6, 6.07) is 40.2. The number of para-hydroxylation sites is 3. The van der Waals surface area contributed by atoms with Crippen LogP contribution in [0.15, 0.2) is 115 Å². The van der Waals surface area contributed by atoms with E-state index in [-0.39, 0.29) is 18.2 Å². The number of carbonyl (C=O) groups is 1. The maximum absolute atomic E-state index is 14.3. The van der Waals surface area contributed by atoms with Crippen molar-refractivity contribution in [1.29, 1.82) is 5.26 Å². The highest BCUT2D eigenvalue weighted by molar-refractivity contribution is 6.17. The van der Waals surface area contributed by atoms with Crippen LogP contribution in [0, 0.1) is 11.3 Å². The van der Waals surface area contributed by atoms with E-state index in [1.807, 2.05) is 91.0 Å². The summed E-state index contributed by atoms with van der Waals surface area (Å²) < 4.78 is 8.26. The minimum Gasteiger partial charge on any atom is -0.342 e. The number of epoxide rings is 1. The predicted molar refractivity (Wildman–Crippen MR) is 152 cm³/mol. The maximum Gasteiger partial charge on any atom is 0.263 e. The summed E-state index contributed by atoms with van der Waals surface area (Å²) in [6.45, 7) is 0. The van der Waals surface area contributed by atoms with Gasteiger partial charge in [0.1, 0.15) is 6.10 Å². The largest absolute Gasteiger partial charge is 0.342 e. The van der Waals surface area contributed by atoms with Crippen molar-refractivity contribution in [3.63, 3.8) is 0 Å². The molecule has 184 valence electrons. The van der Waals surface area contributed by atoms with Crippen LogP contribution in [-0.2, 0) is 4.74 Å². The number of benzene rings is 5. The zero-order valence-electron chi connectivity index (χ0n) is 20.8. The molecule has 6 aromatic rings. The van der Waals surface area contributed by atoms with Crippen LogP contribution in [0.4, 0.5) is 5.69 Å². The molecule has 5 aromatic carbocycles. The molecule has 5 heteroatoms. The lowest BCUT2D eigenvalue weighted by molar-refractivity contribution is 0.0974. The third-order valence-corrected chi connectivity index (χ3v) is 7.84. The Balaban J connectivity index is 1.46. The van der Waals surface area contributed by atoms with Gasteiger partial charge < -0.3 is 9.30 Å². The quantitative estimate of drug-likeness (QED) is 0.237. The van der Waals surface area contributed by atoms with Crippen molar-refractivity contribution < 1.29 is 9.53 Å². The molecule has 1 amide bonds. The molecule has 0 bridgehead atoms. The number of aromatic nitrogens is 1. The average Bonchev–Trinajstić information content (AvgIpc) is 3.72. The Morgan fingerprint density at radius 2 is 1.44 bits per heavy atom. The number of amides is 1. The number of anilines is 1. The predicted octanol–water partition coefficient (Wildman–Crippen LogP) is 7.38. The van der Waals surface area contributed by atoms with Gasteiger partial charge in [-0.3, -0.25) is 9.69 Å². The Morgan fingerprint density at radius 3 is 2.31 bits per heavy atom. The van der Waals surface area contributed by atoms with E-state index in [0.29, 0.717) is 11.1 Å². The van der Waals surface area contributed by atoms with E-state index in [0.717, 1.165) is 49.9 Å². The van der Waals surface area contributed by atoms with Gasteiger partial charge in [-0.2, -0.15) is 5.26 Å². The first-order valence-electron chi connectivity index (χ1n) is 13.0. The van der Waals surface area contributed by atoms with Gasteiger partial charge >= 0.3 is 0 Å². The van der Waals surface area contributed by atoms with Crippen LogP contribution in [0.2, 0.25) is 0 Å². The number of fused-ring (bicyclic) bond motifs is 6. The summed E-state index contributed by atoms with van der Waals surface area (Å²) in [4.78, 5) is 16.1. The Labute approximate surface area is 224 Å². The summed E-state index contributed by atoms with van der Waals surface area (Å²) in [6.07, 6.45) is -0.455. The molecule has 2 aliphatic heterocycles. The van der Waals surface area contributed by atoms with Crippen LogP contribution in [0.25, 0.3) is 38.6 Å². The van der Waals surface area contributed by atoms with E-state index in [2.05, 4.69) is 34.9 Å². The average molecular weight is 504 g/mol. The van der Waals surface area contributed by atoms with E-state index in [1.54, 1.807) is 4.90 Å². The standard InChI is InChI=1S/C34H21N3O2/c35-20-21-10-4-5-13-23(21)25-15-8-16-26-24-14-6-7-18-28(24)37(31(25)26)29-19-9-17-27-30(29)33(38)36(34-32(27)39-34)22-11-2-1-3-12-22/h1-19,32,34H. The number of hydrogen-bond acceptors (Lipinski definition) is 3. The molecule has 0 N–H and O–H groups in total. The van der Waals surface area contributed by atoms with Gasteiger partial charge in [0, 0.05) is 33.2 Å². The van der Waals surface area contributed by atoms with Crippen molar-refractivity contribution in [2.45, 2.75) is 12.3 Å². The zero-order valence-corrected chi connectivity index (χ0v) is 20.8. The van der Waals surface area contributed by atoms with Gasteiger partial charge in [0.2, 0.25) is 0 Å². The van der Waals surface area contributed by atoms with E-state index in [4.69, 9.17) is 4.74 Å². The first kappa shape index (κ1) is 21.9. The molecule has 39 heavy (non-hydrogen) atoms. The second-order valence-corrected chi connectivity index (χ2v) is 9.91. The third kappa shape index (κ3) is 3.07. The number of ether oxygens (including phenoxy) is 1. The Bertz CT molecular complexity index is 2000. The SMILES string of the molecule is N#Cc1ccccc1-c1cccc2c3ccccc3n(-c3cccc4c3C(=O)N(c3ccccc3)C3OC43)c12. The fourth-order valence-electron chi connectivity index (χ4n) is 6.13. The second-order valence-electron chi connectivity index (χ2n) is 9.91. The first-order chi connectivity index (χ1) is 19.3. The van der Waals surface area contributed by atoms with Crippen molar-refractivity contribution in [2.75, 3.05) is 4.90 Å². The number of nitrogens with zero attached hydrogens (tertiary/aromatic N) is 3. The highest BCUT2D eigenvalue weighted by atomic mass is 16.6. The smallest absolute Gasteiger partial charge is 0.263 e. The van der Waals surface area contributed by atoms with Gasteiger partial charge in [0.25, 0.3) is 5.91 Å². The molecule has 2 unspecified atom stereocenters.